The summed E-state index contributed by atoms with van der Waals surface area (Å²) in [6.45, 7) is 0.923. The van der Waals surface area contributed by atoms with Crippen LogP contribution < -0.4 is 5.73 Å². The van der Waals surface area contributed by atoms with Crippen molar-refractivity contribution < 1.29 is 13.2 Å². The number of nitrogens with two attached hydrogens (primary N) is 1. The monoisotopic (exact) mass is 466 g/mol. The molecule has 1 saturated heterocycles. The summed E-state index contributed by atoms with van der Waals surface area (Å²) in [5.41, 5.74) is 8.44. The average Bonchev–Trinajstić information content (AvgIpc) is 3.41. The van der Waals surface area contributed by atoms with Crippen molar-refractivity contribution in [2.75, 3.05) is 24.7 Å². The van der Waals surface area contributed by atoms with Crippen LogP contribution in [0.25, 0.3) is 21.3 Å². The van der Waals surface area contributed by atoms with Gasteiger partial charge in [0.1, 0.15) is 5.52 Å². The third-order valence-electron chi connectivity index (χ3n) is 5.55. The van der Waals surface area contributed by atoms with Crippen molar-refractivity contribution in [2.24, 2.45) is 5.73 Å². The molecule has 4 rings (SSSR count). The Labute approximate surface area is 184 Å². The normalized spacial score (nSPS) is 16.3. The number of H-pyrrole nitrogens is 1. The highest BCUT2D eigenvalue weighted by atomic mass is 35.5. The van der Waals surface area contributed by atoms with Crippen LogP contribution in [0.15, 0.2) is 29.6 Å². The number of halogens is 1. The first-order valence-electron chi connectivity index (χ1n) is 9.80. The van der Waals surface area contributed by atoms with E-state index in [4.69, 9.17) is 17.3 Å². The molecule has 10 heteroatoms. The van der Waals surface area contributed by atoms with E-state index < -0.39 is 15.9 Å². The van der Waals surface area contributed by atoms with E-state index in [1.807, 2.05) is 23.6 Å². The summed E-state index contributed by atoms with van der Waals surface area (Å²) >= 11 is 7.24. The van der Waals surface area contributed by atoms with Gasteiger partial charge in [-0.2, -0.15) is 5.10 Å². The maximum absolute atomic E-state index is 12.4. The van der Waals surface area contributed by atoms with Gasteiger partial charge in [-0.05, 0) is 48.4 Å². The summed E-state index contributed by atoms with van der Waals surface area (Å²) in [6, 6.07) is 7.79. The summed E-state index contributed by atoms with van der Waals surface area (Å²) in [5.74, 6) is 0.0377. The third kappa shape index (κ3) is 4.12. The van der Waals surface area contributed by atoms with Crippen molar-refractivity contribution in [3.05, 3.63) is 40.9 Å². The van der Waals surface area contributed by atoms with Gasteiger partial charge in [-0.25, -0.2) is 12.7 Å². The van der Waals surface area contributed by atoms with Crippen molar-refractivity contribution in [1.82, 2.24) is 14.5 Å². The van der Waals surface area contributed by atoms with Crippen LogP contribution >= 0.6 is 22.9 Å². The van der Waals surface area contributed by atoms with Gasteiger partial charge < -0.3 is 5.73 Å². The van der Waals surface area contributed by atoms with E-state index in [2.05, 4.69) is 10.2 Å². The Kier molecular flexibility index (Phi) is 6.15. The molecule has 1 aliphatic rings. The number of carbonyl (C=O) groups excluding carboxylic acids is 1. The number of carbonyl (C=O) groups is 1. The fraction of sp³-hybridized carbons (Fsp3) is 0.400. The Morgan fingerprint density at radius 3 is 2.73 bits per heavy atom. The fourth-order valence-electron chi connectivity index (χ4n) is 4.01. The van der Waals surface area contributed by atoms with Crippen molar-refractivity contribution in [2.45, 2.75) is 25.2 Å². The van der Waals surface area contributed by atoms with Crippen LogP contribution in [0.5, 0.6) is 0 Å². The minimum atomic E-state index is -3.27. The maximum atomic E-state index is 12.4. The number of sulfonamides is 1. The summed E-state index contributed by atoms with van der Waals surface area (Å²) in [7, 11) is -3.27. The number of fused-ring (bicyclic) bond motifs is 1. The molecular formula is C20H23ClN4O3S2. The van der Waals surface area contributed by atoms with Crippen molar-refractivity contribution >= 4 is 49.8 Å². The van der Waals surface area contributed by atoms with E-state index in [0.717, 1.165) is 21.5 Å². The highest BCUT2D eigenvalue weighted by Gasteiger charge is 2.30. The molecule has 7 nitrogen and oxygen atoms in total. The fourth-order valence-corrected chi connectivity index (χ4v) is 6.55. The zero-order valence-electron chi connectivity index (χ0n) is 16.3. The minimum absolute atomic E-state index is 0.0836. The smallest absolute Gasteiger partial charge is 0.251 e. The van der Waals surface area contributed by atoms with Gasteiger partial charge in [0.15, 0.2) is 0 Å². The number of thiophene rings is 1. The number of rotatable bonds is 7. The van der Waals surface area contributed by atoms with E-state index in [9.17, 15) is 13.2 Å². The molecule has 0 radical (unpaired) electrons. The van der Waals surface area contributed by atoms with Gasteiger partial charge in [0.05, 0.1) is 11.3 Å². The molecule has 0 atom stereocenters. The topological polar surface area (TPSA) is 109 Å². The standard InChI is InChI=1S/C20H23ClN4O3S2/c21-6-2-10-30(27,28)25-7-4-13(5-8-25)18-15-11-14(17-3-1-9-29-17)12-16(20(22)26)19(15)24-23-18/h1,3,9,11-13H,2,4-8,10H2,(H2,22,26)(H,23,24). The molecule has 1 fully saturated rings. The van der Waals surface area contributed by atoms with Gasteiger partial charge in [0.2, 0.25) is 10.0 Å². The number of primary amides is 1. The molecule has 0 spiro atoms. The van der Waals surface area contributed by atoms with Crippen LogP contribution in [0.4, 0.5) is 0 Å². The van der Waals surface area contributed by atoms with E-state index in [1.54, 1.807) is 21.7 Å². The molecular weight excluding hydrogens is 444 g/mol. The van der Waals surface area contributed by atoms with E-state index >= 15 is 0 Å². The predicted octanol–water partition coefficient (Wildman–Crippen LogP) is 3.53. The van der Waals surface area contributed by atoms with Gasteiger partial charge in [-0.3, -0.25) is 9.89 Å². The number of benzene rings is 1. The molecule has 0 aliphatic carbocycles. The van der Waals surface area contributed by atoms with Crippen molar-refractivity contribution in [3.63, 3.8) is 0 Å². The maximum Gasteiger partial charge on any atom is 0.251 e. The first kappa shape index (κ1) is 21.3. The minimum Gasteiger partial charge on any atom is -0.366 e. The largest absolute Gasteiger partial charge is 0.366 e. The second-order valence-electron chi connectivity index (χ2n) is 7.43. The summed E-state index contributed by atoms with van der Waals surface area (Å²) in [6.07, 6.45) is 1.83. The van der Waals surface area contributed by atoms with Gasteiger partial charge in [-0.15, -0.1) is 22.9 Å². The van der Waals surface area contributed by atoms with Gasteiger partial charge in [-0.1, -0.05) is 6.07 Å². The number of hydrogen-bond acceptors (Lipinski definition) is 5. The Balaban J connectivity index is 1.63. The second kappa shape index (κ2) is 8.66. The van der Waals surface area contributed by atoms with E-state index in [-0.39, 0.29) is 11.7 Å². The average molecular weight is 467 g/mol. The molecule has 1 amide bonds. The molecule has 0 saturated carbocycles. The lowest BCUT2D eigenvalue weighted by molar-refractivity contribution is 0.100. The van der Waals surface area contributed by atoms with Crippen molar-refractivity contribution in [1.29, 1.82) is 0 Å². The van der Waals surface area contributed by atoms with Gasteiger partial charge >= 0.3 is 0 Å². The molecule has 2 aromatic heterocycles. The number of hydrogen-bond donors (Lipinski definition) is 2. The second-order valence-corrected chi connectivity index (χ2v) is 10.8. The zero-order valence-corrected chi connectivity index (χ0v) is 18.7. The van der Waals surface area contributed by atoms with Crippen LogP contribution in [0.1, 0.15) is 41.2 Å². The molecule has 3 N–H and O–H groups in total. The Bertz CT molecular complexity index is 1150. The Morgan fingerprint density at radius 1 is 1.33 bits per heavy atom. The van der Waals surface area contributed by atoms with Crippen LogP contribution in [-0.2, 0) is 10.0 Å². The van der Waals surface area contributed by atoms with Gasteiger partial charge in [0.25, 0.3) is 5.91 Å². The third-order valence-corrected chi connectivity index (χ3v) is 8.69. The SMILES string of the molecule is NC(=O)c1cc(-c2cccs2)cc2c(C3CCN(S(=O)(=O)CCCCl)CC3)[nH]nc12. The number of nitrogens with zero attached hydrogens (tertiary/aromatic N) is 2. The highest BCUT2D eigenvalue weighted by molar-refractivity contribution is 7.89. The quantitative estimate of drug-likeness (QED) is 0.519. The molecule has 160 valence electrons. The first-order valence-corrected chi connectivity index (χ1v) is 12.8. The summed E-state index contributed by atoms with van der Waals surface area (Å²) in [5, 5.41) is 10.3. The number of amides is 1. The van der Waals surface area contributed by atoms with Crippen LogP contribution in [0, 0.1) is 0 Å². The van der Waals surface area contributed by atoms with E-state index in [1.165, 1.54) is 0 Å². The first-order chi connectivity index (χ1) is 14.4. The number of aromatic amines is 1. The lowest BCUT2D eigenvalue weighted by Crippen LogP contribution is -2.39. The lowest BCUT2D eigenvalue weighted by atomic mass is 9.91. The number of nitrogens with one attached hydrogen (secondary N) is 1. The summed E-state index contributed by atoms with van der Waals surface area (Å²) in [4.78, 5) is 13.1. The van der Waals surface area contributed by atoms with Crippen LogP contribution in [0.2, 0.25) is 0 Å². The molecule has 3 heterocycles. The lowest BCUT2D eigenvalue weighted by Gasteiger charge is -2.30. The zero-order chi connectivity index (χ0) is 21.3. The van der Waals surface area contributed by atoms with Crippen molar-refractivity contribution in [3.8, 4) is 10.4 Å². The number of aromatic nitrogens is 2. The van der Waals surface area contributed by atoms with Crippen LogP contribution in [-0.4, -0.2) is 53.5 Å². The molecule has 3 aromatic rings. The Hall–Kier alpha value is -1.94. The summed E-state index contributed by atoms with van der Waals surface area (Å²) < 4.78 is 26.4. The molecule has 30 heavy (non-hydrogen) atoms. The van der Waals surface area contributed by atoms with Crippen LogP contribution in [0.3, 0.4) is 0 Å². The Morgan fingerprint density at radius 2 is 2.10 bits per heavy atom. The number of piperidine rings is 1. The molecule has 0 unspecified atom stereocenters. The molecule has 1 aromatic carbocycles. The van der Waals surface area contributed by atoms with Gasteiger partial charge in [0, 0.05) is 40.8 Å². The molecule has 0 bridgehead atoms. The van der Waals surface area contributed by atoms with E-state index in [0.29, 0.717) is 49.3 Å². The predicted molar refractivity (Wildman–Crippen MR) is 121 cm³/mol. The molecule has 1 aliphatic heterocycles. The highest BCUT2D eigenvalue weighted by Crippen LogP contribution is 2.36. The number of alkyl halides is 1.